The summed E-state index contributed by atoms with van der Waals surface area (Å²) in [6.07, 6.45) is 0.432. The van der Waals surface area contributed by atoms with E-state index in [9.17, 15) is 9.90 Å². The van der Waals surface area contributed by atoms with Gasteiger partial charge in [0.15, 0.2) is 0 Å². The van der Waals surface area contributed by atoms with Crippen molar-refractivity contribution in [3.05, 3.63) is 22.4 Å². The van der Waals surface area contributed by atoms with Gasteiger partial charge in [-0.3, -0.25) is 9.69 Å². The van der Waals surface area contributed by atoms with Gasteiger partial charge in [0.1, 0.15) is 0 Å². The van der Waals surface area contributed by atoms with Gasteiger partial charge in [0, 0.05) is 24.0 Å². The SMILES string of the molecule is CN(C)CC1CC(O)CN1CC(=O)NCc1cccs1. The predicted octanol–water partition coefficient (Wildman–Crippen LogP) is 0.361. The Morgan fingerprint density at radius 1 is 1.60 bits per heavy atom. The Balaban J connectivity index is 1.79. The highest BCUT2D eigenvalue weighted by Crippen LogP contribution is 2.18. The standard InChI is InChI=1S/C14H23N3O2S/c1-16(2)8-11-6-12(18)9-17(11)10-14(19)15-7-13-4-3-5-20-13/h3-5,11-12,18H,6-10H2,1-2H3,(H,15,19). The van der Waals surface area contributed by atoms with E-state index in [-0.39, 0.29) is 18.1 Å². The van der Waals surface area contributed by atoms with Crippen molar-refractivity contribution >= 4 is 17.2 Å². The summed E-state index contributed by atoms with van der Waals surface area (Å²) in [4.78, 5) is 17.3. The van der Waals surface area contributed by atoms with Gasteiger partial charge in [0.05, 0.1) is 19.2 Å². The largest absolute Gasteiger partial charge is 0.392 e. The third-order valence-corrected chi connectivity index (χ3v) is 4.34. The molecule has 6 heteroatoms. The van der Waals surface area contributed by atoms with Gasteiger partial charge < -0.3 is 15.3 Å². The summed E-state index contributed by atoms with van der Waals surface area (Å²) in [6, 6.07) is 4.25. The molecule has 2 rings (SSSR count). The summed E-state index contributed by atoms with van der Waals surface area (Å²) in [5, 5.41) is 14.7. The average Bonchev–Trinajstić information content (AvgIpc) is 2.97. The topological polar surface area (TPSA) is 55.8 Å². The fourth-order valence-corrected chi connectivity index (χ4v) is 3.25. The second-order valence-electron chi connectivity index (χ2n) is 5.59. The van der Waals surface area contributed by atoms with Crippen molar-refractivity contribution in [2.45, 2.75) is 25.1 Å². The molecular formula is C14H23N3O2S. The monoisotopic (exact) mass is 297 g/mol. The smallest absolute Gasteiger partial charge is 0.234 e. The minimum atomic E-state index is -0.315. The fraction of sp³-hybridized carbons (Fsp3) is 0.643. The fourth-order valence-electron chi connectivity index (χ4n) is 2.60. The highest BCUT2D eigenvalue weighted by atomic mass is 32.1. The molecule has 0 bridgehead atoms. The molecule has 1 aromatic heterocycles. The Morgan fingerprint density at radius 3 is 3.05 bits per heavy atom. The number of nitrogens with zero attached hydrogens (tertiary/aromatic N) is 2. The van der Waals surface area contributed by atoms with Crippen LogP contribution in [-0.2, 0) is 11.3 Å². The predicted molar refractivity (Wildman–Crippen MR) is 80.7 cm³/mol. The van der Waals surface area contributed by atoms with Crippen LogP contribution in [-0.4, -0.2) is 66.7 Å². The van der Waals surface area contributed by atoms with E-state index in [0.717, 1.165) is 17.8 Å². The number of nitrogens with one attached hydrogen (secondary N) is 1. The zero-order chi connectivity index (χ0) is 14.5. The zero-order valence-electron chi connectivity index (χ0n) is 12.1. The van der Waals surface area contributed by atoms with E-state index in [0.29, 0.717) is 19.6 Å². The molecule has 2 N–H and O–H groups in total. The maximum atomic E-state index is 12.0. The van der Waals surface area contributed by atoms with Gasteiger partial charge in [-0.1, -0.05) is 6.07 Å². The van der Waals surface area contributed by atoms with Crippen LogP contribution in [0.25, 0.3) is 0 Å². The number of likely N-dealkylation sites (N-methyl/N-ethyl adjacent to an activating group) is 1. The number of hydrogen-bond acceptors (Lipinski definition) is 5. The molecule has 112 valence electrons. The number of likely N-dealkylation sites (tertiary alicyclic amines) is 1. The molecule has 0 radical (unpaired) electrons. The van der Waals surface area contributed by atoms with E-state index < -0.39 is 0 Å². The van der Waals surface area contributed by atoms with Crippen LogP contribution in [0.2, 0.25) is 0 Å². The lowest BCUT2D eigenvalue weighted by molar-refractivity contribution is -0.122. The van der Waals surface area contributed by atoms with Crippen molar-refractivity contribution in [1.82, 2.24) is 15.1 Å². The molecule has 2 unspecified atom stereocenters. The molecule has 0 spiro atoms. The Bertz CT molecular complexity index is 422. The second-order valence-corrected chi connectivity index (χ2v) is 6.62. The molecular weight excluding hydrogens is 274 g/mol. The van der Waals surface area contributed by atoms with Crippen molar-refractivity contribution < 1.29 is 9.90 Å². The molecule has 1 aliphatic rings. The number of carbonyl (C=O) groups is 1. The van der Waals surface area contributed by atoms with E-state index in [4.69, 9.17) is 0 Å². The van der Waals surface area contributed by atoms with Crippen LogP contribution in [0.15, 0.2) is 17.5 Å². The van der Waals surface area contributed by atoms with Crippen LogP contribution in [0, 0.1) is 0 Å². The summed E-state index contributed by atoms with van der Waals surface area (Å²) in [7, 11) is 4.03. The summed E-state index contributed by atoms with van der Waals surface area (Å²) < 4.78 is 0. The molecule has 1 fully saturated rings. The van der Waals surface area contributed by atoms with Crippen molar-refractivity contribution in [3.63, 3.8) is 0 Å². The number of aliphatic hydroxyl groups excluding tert-OH is 1. The number of rotatable bonds is 6. The summed E-state index contributed by atoms with van der Waals surface area (Å²) in [6.45, 7) is 2.41. The van der Waals surface area contributed by atoms with Crippen LogP contribution >= 0.6 is 11.3 Å². The number of thiophene rings is 1. The van der Waals surface area contributed by atoms with Gasteiger partial charge in [-0.05, 0) is 32.0 Å². The molecule has 0 saturated carbocycles. The van der Waals surface area contributed by atoms with E-state index in [2.05, 4.69) is 15.1 Å². The second kappa shape index (κ2) is 7.17. The zero-order valence-corrected chi connectivity index (χ0v) is 12.9. The van der Waals surface area contributed by atoms with E-state index in [1.807, 2.05) is 31.6 Å². The lowest BCUT2D eigenvalue weighted by Crippen LogP contribution is -2.43. The normalized spacial score (nSPS) is 23.4. The molecule has 1 aliphatic heterocycles. The van der Waals surface area contributed by atoms with Gasteiger partial charge >= 0.3 is 0 Å². The van der Waals surface area contributed by atoms with Crippen LogP contribution in [0.1, 0.15) is 11.3 Å². The van der Waals surface area contributed by atoms with E-state index in [1.54, 1.807) is 11.3 Å². The van der Waals surface area contributed by atoms with Gasteiger partial charge in [0.2, 0.25) is 5.91 Å². The van der Waals surface area contributed by atoms with Gasteiger partial charge in [-0.15, -0.1) is 11.3 Å². The lowest BCUT2D eigenvalue weighted by Gasteiger charge is -2.25. The number of carbonyl (C=O) groups excluding carboxylic acids is 1. The first-order valence-electron chi connectivity index (χ1n) is 6.90. The molecule has 5 nitrogen and oxygen atoms in total. The first-order valence-corrected chi connectivity index (χ1v) is 7.78. The first-order chi connectivity index (χ1) is 9.54. The Morgan fingerprint density at radius 2 is 2.40 bits per heavy atom. The van der Waals surface area contributed by atoms with Crippen molar-refractivity contribution in [2.75, 3.05) is 33.7 Å². The summed E-state index contributed by atoms with van der Waals surface area (Å²) in [5.41, 5.74) is 0. The molecule has 0 aromatic carbocycles. The van der Waals surface area contributed by atoms with Crippen LogP contribution < -0.4 is 5.32 Å². The highest BCUT2D eigenvalue weighted by Gasteiger charge is 2.32. The number of β-amino-alcohol motifs (C(OH)–C–C–N with tert-alkyl or cyclic N) is 1. The highest BCUT2D eigenvalue weighted by molar-refractivity contribution is 7.09. The molecule has 2 heterocycles. The Labute approximate surface area is 124 Å². The van der Waals surface area contributed by atoms with Gasteiger partial charge in [0.25, 0.3) is 0 Å². The minimum Gasteiger partial charge on any atom is -0.392 e. The van der Waals surface area contributed by atoms with Crippen molar-refractivity contribution in [3.8, 4) is 0 Å². The third-order valence-electron chi connectivity index (χ3n) is 3.47. The van der Waals surface area contributed by atoms with Crippen molar-refractivity contribution in [1.29, 1.82) is 0 Å². The van der Waals surface area contributed by atoms with Gasteiger partial charge in [-0.2, -0.15) is 0 Å². The number of hydrogen-bond donors (Lipinski definition) is 2. The number of amides is 1. The molecule has 0 aliphatic carbocycles. The quantitative estimate of drug-likeness (QED) is 0.796. The van der Waals surface area contributed by atoms with Crippen molar-refractivity contribution in [2.24, 2.45) is 0 Å². The molecule has 1 amide bonds. The van der Waals surface area contributed by atoms with Gasteiger partial charge in [-0.25, -0.2) is 0 Å². The molecule has 20 heavy (non-hydrogen) atoms. The third kappa shape index (κ3) is 4.56. The Kier molecular flexibility index (Phi) is 5.54. The minimum absolute atomic E-state index is 0.0243. The maximum Gasteiger partial charge on any atom is 0.234 e. The summed E-state index contributed by atoms with van der Waals surface area (Å²) >= 11 is 1.64. The molecule has 1 saturated heterocycles. The van der Waals surface area contributed by atoms with Crippen LogP contribution in [0.4, 0.5) is 0 Å². The first kappa shape index (κ1) is 15.4. The summed E-state index contributed by atoms with van der Waals surface area (Å²) in [5.74, 6) is 0.0243. The van der Waals surface area contributed by atoms with Crippen LogP contribution in [0.5, 0.6) is 0 Å². The molecule has 1 aromatic rings. The Hall–Kier alpha value is -0.950. The van der Waals surface area contributed by atoms with E-state index in [1.165, 1.54) is 0 Å². The maximum absolute atomic E-state index is 12.0. The average molecular weight is 297 g/mol. The lowest BCUT2D eigenvalue weighted by atomic mass is 10.2. The number of aliphatic hydroxyl groups is 1. The van der Waals surface area contributed by atoms with E-state index >= 15 is 0 Å². The molecule has 2 atom stereocenters. The van der Waals surface area contributed by atoms with Crippen LogP contribution in [0.3, 0.4) is 0 Å².